The van der Waals surface area contributed by atoms with E-state index in [4.69, 9.17) is 0 Å². The maximum Gasteiger partial charge on any atom is 0.0500 e. The number of aliphatic imine (C=N–C) groups is 1. The van der Waals surface area contributed by atoms with Crippen LogP contribution in [0.2, 0.25) is 0 Å². The summed E-state index contributed by atoms with van der Waals surface area (Å²) in [5.41, 5.74) is 0. The van der Waals surface area contributed by atoms with E-state index in [0.717, 1.165) is 0 Å². The minimum absolute atomic E-state index is 0.437. The van der Waals surface area contributed by atoms with Gasteiger partial charge < -0.3 is 5.32 Å². The van der Waals surface area contributed by atoms with Crippen molar-refractivity contribution < 1.29 is 0 Å². The molecule has 0 saturated carbocycles. The van der Waals surface area contributed by atoms with E-state index < -0.39 is 0 Å². The van der Waals surface area contributed by atoms with E-state index in [1.807, 2.05) is 12.4 Å². The molecule has 1 saturated heterocycles. The zero-order chi connectivity index (χ0) is 8.67. The number of nitrogens with zero attached hydrogens (tertiary/aromatic N) is 1. The Kier molecular flexibility index (Phi) is 1.49. The molecule has 4 unspecified atom stereocenters. The van der Waals surface area contributed by atoms with Crippen LogP contribution in [0.3, 0.4) is 0 Å². The predicted molar refractivity (Wildman–Crippen MR) is 53.6 cm³/mol. The number of nitrogens with one attached hydrogen (secondary N) is 1. The second kappa shape index (κ2) is 2.67. The summed E-state index contributed by atoms with van der Waals surface area (Å²) in [6.07, 6.45) is 14.9. The van der Waals surface area contributed by atoms with E-state index in [9.17, 15) is 0 Å². The lowest BCUT2D eigenvalue weighted by Gasteiger charge is -2.19. The summed E-state index contributed by atoms with van der Waals surface area (Å²) >= 11 is 0. The molecule has 0 radical (unpaired) electrons. The zero-order valence-electron chi connectivity index (χ0n) is 7.30. The van der Waals surface area contributed by atoms with Crippen molar-refractivity contribution in [2.75, 3.05) is 0 Å². The van der Waals surface area contributed by atoms with Gasteiger partial charge in [-0.05, 0) is 0 Å². The minimum Gasteiger partial charge on any atom is -0.302 e. The molecule has 0 bridgehead atoms. The highest BCUT2D eigenvalue weighted by Crippen LogP contribution is 2.33. The van der Waals surface area contributed by atoms with E-state index in [2.05, 4.69) is 40.7 Å². The second-order valence-electron chi connectivity index (χ2n) is 3.78. The highest BCUT2D eigenvalue weighted by atomic mass is 15.0. The Morgan fingerprint density at radius 1 is 0.923 bits per heavy atom. The molecule has 1 aliphatic carbocycles. The van der Waals surface area contributed by atoms with Crippen molar-refractivity contribution in [3.05, 3.63) is 36.6 Å². The Bertz CT molecular complexity index is 293. The van der Waals surface area contributed by atoms with E-state index in [-0.39, 0.29) is 0 Å². The average molecular weight is 172 g/mol. The van der Waals surface area contributed by atoms with E-state index in [0.29, 0.717) is 23.9 Å². The first kappa shape index (κ1) is 7.27. The van der Waals surface area contributed by atoms with E-state index in [1.165, 1.54) is 0 Å². The van der Waals surface area contributed by atoms with Gasteiger partial charge in [0.15, 0.2) is 0 Å². The summed E-state index contributed by atoms with van der Waals surface area (Å²) in [6, 6.07) is 0.946. The van der Waals surface area contributed by atoms with Gasteiger partial charge in [0, 0.05) is 36.3 Å². The standard InChI is InChI=1S/C11H12N2/c1-2-4-10-8(3-1)9-5-6-12-7-11(9)13-10/h1-11,13H. The van der Waals surface area contributed by atoms with Gasteiger partial charge in [0.2, 0.25) is 0 Å². The van der Waals surface area contributed by atoms with Gasteiger partial charge in [-0.2, -0.15) is 0 Å². The van der Waals surface area contributed by atoms with Gasteiger partial charge >= 0.3 is 0 Å². The molecule has 0 aromatic rings. The molecular weight excluding hydrogens is 160 g/mol. The summed E-state index contributed by atoms with van der Waals surface area (Å²) in [5.74, 6) is 1.22. The van der Waals surface area contributed by atoms with Crippen molar-refractivity contribution in [1.82, 2.24) is 5.32 Å². The largest absolute Gasteiger partial charge is 0.302 e. The Morgan fingerprint density at radius 3 is 2.77 bits per heavy atom. The zero-order valence-corrected chi connectivity index (χ0v) is 7.30. The van der Waals surface area contributed by atoms with Gasteiger partial charge in [0.05, 0.1) is 0 Å². The number of fused-ring (bicyclic) bond motifs is 3. The third-order valence-corrected chi connectivity index (χ3v) is 3.06. The highest BCUT2D eigenvalue weighted by Gasteiger charge is 2.39. The van der Waals surface area contributed by atoms with E-state index >= 15 is 0 Å². The van der Waals surface area contributed by atoms with Crippen LogP contribution >= 0.6 is 0 Å². The molecule has 0 spiro atoms. The maximum absolute atomic E-state index is 4.16. The van der Waals surface area contributed by atoms with Crippen LogP contribution in [0.1, 0.15) is 0 Å². The summed E-state index contributed by atoms with van der Waals surface area (Å²) in [5, 5.41) is 3.56. The van der Waals surface area contributed by atoms with Crippen LogP contribution in [0.25, 0.3) is 0 Å². The molecule has 1 N–H and O–H groups in total. The molecule has 0 aromatic heterocycles. The summed E-state index contributed by atoms with van der Waals surface area (Å²) in [7, 11) is 0. The second-order valence-corrected chi connectivity index (χ2v) is 3.78. The van der Waals surface area contributed by atoms with Gasteiger partial charge in [-0.25, -0.2) is 0 Å². The number of hydrogen-bond donors (Lipinski definition) is 1. The van der Waals surface area contributed by atoms with Gasteiger partial charge in [0.1, 0.15) is 0 Å². The van der Waals surface area contributed by atoms with Crippen LogP contribution in [0.4, 0.5) is 0 Å². The Labute approximate surface area is 77.7 Å². The maximum atomic E-state index is 4.16. The molecule has 3 rings (SSSR count). The third-order valence-electron chi connectivity index (χ3n) is 3.06. The molecule has 3 aliphatic rings. The van der Waals surface area contributed by atoms with Gasteiger partial charge in [0.25, 0.3) is 0 Å². The van der Waals surface area contributed by atoms with Crippen molar-refractivity contribution >= 4 is 6.21 Å². The smallest absolute Gasteiger partial charge is 0.0500 e. The highest BCUT2D eigenvalue weighted by molar-refractivity contribution is 5.69. The van der Waals surface area contributed by atoms with Crippen LogP contribution < -0.4 is 5.32 Å². The quantitative estimate of drug-likeness (QED) is 0.585. The Morgan fingerprint density at radius 2 is 1.77 bits per heavy atom. The monoisotopic (exact) mass is 172 g/mol. The van der Waals surface area contributed by atoms with Crippen molar-refractivity contribution in [3.8, 4) is 0 Å². The lowest BCUT2D eigenvalue weighted by molar-refractivity contribution is 0.535. The average Bonchev–Trinajstić information content (AvgIpc) is 2.56. The van der Waals surface area contributed by atoms with Crippen molar-refractivity contribution in [1.29, 1.82) is 0 Å². The fourth-order valence-electron chi connectivity index (χ4n) is 2.41. The van der Waals surface area contributed by atoms with Crippen molar-refractivity contribution in [3.63, 3.8) is 0 Å². The predicted octanol–water partition coefficient (Wildman–Crippen LogP) is 1.28. The van der Waals surface area contributed by atoms with Gasteiger partial charge in [-0.15, -0.1) is 0 Å². The molecule has 2 aliphatic heterocycles. The van der Waals surface area contributed by atoms with Crippen molar-refractivity contribution in [2.45, 2.75) is 12.1 Å². The van der Waals surface area contributed by atoms with Crippen molar-refractivity contribution in [2.24, 2.45) is 16.8 Å². The molecule has 2 nitrogen and oxygen atoms in total. The van der Waals surface area contributed by atoms with Gasteiger partial charge in [-0.3, -0.25) is 4.99 Å². The lowest BCUT2D eigenvalue weighted by Crippen LogP contribution is -2.32. The summed E-state index contributed by atoms with van der Waals surface area (Å²) < 4.78 is 0. The molecule has 4 atom stereocenters. The van der Waals surface area contributed by atoms with Crippen LogP contribution in [-0.2, 0) is 0 Å². The lowest BCUT2D eigenvalue weighted by atomic mass is 9.84. The minimum atomic E-state index is 0.437. The fourth-order valence-corrected chi connectivity index (χ4v) is 2.41. The first-order valence-electron chi connectivity index (χ1n) is 4.76. The third kappa shape index (κ3) is 1.02. The molecule has 0 aromatic carbocycles. The summed E-state index contributed by atoms with van der Waals surface area (Å²) in [6.45, 7) is 0. The number of rotatable bonds is 0. The topological polar surface area (TPSA) is 24.4 Å². The molecule has 2 heteroatoms. The SMILES string of the molecule is C1=CC2NC3C=NC=CC3C2C=C1. The Balaban J connectivity index is 1.95. The van der Waals surface area contributed by atoms with Crippen LogP contribution in [0.15, 0.2) is 41.6 Å². The number of allylic oxidation sites excluding steroid dienone is 2. The van der Waals surface area contributed by atoms with Crippen LogP contribution in [0.5, 0.6) is 0 Å². The fraction of sp³-hybridized carbons (Fsp3) is 0.364. The summed E-state index contributed by atoms with van der Waals surface area (Å²) in [4.78, 5) is 4.16. The molecule has 0 amide bonds. The van der Waals surface area contributed by atoms with E-state index in [1.54, 1.807) is 0 Å². The van der Waals surface area contributed by atoms with Crippen LogP contribution in [-0.4, -0.2) is 18.3 Å². The normalized spacial score (nSPS) is 44.9. The molecule has 13 heavy (non-hydrogen) atoms. The molecule has 1 fully saturated rings. The first-order chi connectivity index (χ1) is 6.45. The molecule has 2 heterocycles. The molecular formula is C11H12N2. The number of hydrogen-bond acceptors (Lipinski definition) is 2. The van der Waals surface area contributed by atoms with Gasteiger partial charge in [-0.1, -0.05) is 30.4 Å². The van der Waals surface area contributed by atoms with Crippen LogP contribution in [0, 0.1) is 11.8 Å². The Hall–Kier alpha value is -1.15. The first-order valence-corrected chi connectivity index (χ1v) is 4.76. The molecule has 66 valence electrons.